The highest BCUT2D eigenvalue weighted by molar-refractivity contribution is 5.85. The third kappa shape index (κ3) is 2.27. The molecule has 16 heavy (non-hydrogen) atoms. The van der Waals surface area contributed by atoms with Crippen LogP contribution in [0, 0.1) is 0 Å². The molecule has 0 aliphatic rings. The first-order valence-corrected chi connectivity index (χ1v) is 5.54. The van der Waals surface area contributed by atoms with Gasteiger partial charge in [-0.05, 0) is 41.5 Å². The average molecular weight is 216 g/mol. The maximum absolute atomic E-state index is 5.60. The van der Waals surface area contributed by atoms with E-state index in [0.29, 0.717) is 0 Å². The standard InChI is InChI=1S/C14H16O2/c1-3-8-16-14-7-5-11-4-6-13(15-2)9-12(11)10-14/h4-7,9-10H,3,8H2,1-2H3. The summed E-state index contributed by atoms with van der Waals surface area (Å²) in [7, 11) is 1.68. The first kappa shape index (κ1) is 10.8. The smallest absolute Gasteiger partial charge is 0.119 e. The van der Waals surface area contributed by atoms with Gasteiger partial charge in [0.05, 0.1) is 13.7 Å². The number of methoxy groups -OCH3 is 1. The van der Waals surface area contributed by atoms with Gasteiger partial charge < -0.3 is 9.47 Å². The van der Waals surface area contributed by atoms with Gasteiger partial charge in [0.2, 0.25) is 0 Å². The molecule has 2 aromatic rings. The van der Waals surface area contributed by atoms with Crippen molar-refractivity contribution in [2.75, 3.05) is 13.7 Å². The zero-order valence-corrected chi connectivity index (χ0v) is 9.69. The predicted molar refractivity (Wildman–Crippen MR) is 66.3 cm³/mol. The molecule has 0 bridgehead atoms. The van der Waals surface area contributed by atoms with E-state index in [9.17, 15) is 0 Å². The van der Waals surface area contributed by atoms with Crippen molar-refractivity contribution in [2.24, 2.45) is 0 Å². The Labute approximate surface area is 95.8 Å². The van der Waals surface area contributed by atoms with Crippen molar-refractivity contribution in [3.8, 4) is 11.5 Å². The molecule has 2 aromatic carbocycles. The number of rotatable bonds is 4. The lowest BCUT2D eigenvalue weighted by Crippen LogP contribution is -1.94. The zero-order chi connectivity index (χ0) is 11.4. The van der Waals surface area contributed by atoms with Crippen LogP contribution >= 0.6 is 0 Å². The summed E-state index contributed by atoms with van der Waals surface area (Å²) in [4.78, 5) is 0. The third-order valence-corrected chi connectivity index (χ3v) is 2.49. The molecule has 2 nitrogen and oxygen atoms in total. The highest BCUT2D eigenvalue weighted by Gasteiger charge is 1.99. The van der Waals surface area contributed by atoms with E-state index in [1.165, 1.54) is 5.39 Å². The summed E-state index contributed by atoms with van der Waals surface area (Å²) in [6, 6.07) is 12.2. The first-order chi connectivity index (χ1) is 7.83. The third-order valence-electron chi connectivity index (χ3n) is 2.49. The predicted octanol–water partition coefficient (Wildman–Crippen LogP) is 3.64. The van der Waals surface area contributed by atoms with Gasteiger partial charge in [0.15, 0.2) is 0 Å². The molecular weight excluding hydrogens is 200 g/mol. The van der Waals surface area contributed by atoms with Crippen LogP contribution < -0.4 is 9.47 Å². The van der Waals surface area contributed by atoms with Crippen molar-refractivity contribution in [2.45, 2.75) is 13.3 Å². The van der Waals surface area contributed by atoms with Gasteiger partial charge in [-0.2, -0.15) is 0 Å². The maximum Gasteiger partial charge on any atom is 0.119 e. The average Bonchev–Trinajstić information content (AvgIpc) is 2.35. The maximum atomic E-state index is 5.60. The van der Waals surface area contributed by atoms with E-state index in [2.05, 4.69) is 19.1 Å². The Bertz CT molecular complexity index is 477. The lowest BCUT2D eigenvalue weighted by molar-refractivity contribution is 0.318. The fourth-order valence-electron chi connectivity index (χ4n) is 1.64. The summed E-state index contributed by atoms with van der Waals surface area (Å²) >= 11 is 0. The minimum Gasteiger partial charge on any atom is -0.497 e. The van der Waals surface area contributed by atoms with Crippen LogP contribution in [0.15, 0.2) is 36.4 Å². The van der Waals surface area contributed by atoms with E-state index in [1.54, 1.807) is 7.11 Å². The molecule has 0 spiro atoms. The van der Waals surface area contributed by atoms with Gasteiger partial charge in [-0.25, -0.2) is 0 Å². The molecule has 0 aliphatic carbocycles. The molecule has 0 saturated carbocycles. The van der Waals surface area contributed by atoms with Crippen LogP contribution in [0.1, 0.15) is 13.3 Å². The highest BCUT2D eigenvalue weighted by atomic mass is 16.5. The summed E-state index contributed by atoms with van der Waals surface area (Å²) in [6.45, 7) is 2.86. The minimum absolute atomic E-state index is 0.759. The summed E-state index contributed by atoms with van der Waals surface area (Å²) in [5, 5.41) is 2.35. The van der Waals surface area contributed by atoms with Crippen molar-refractivity contribution >= 4 is 10.8 Å². The molecule has 0 amide bonds. The Morgan fingerprint density at radius 1 is 0.938 bits per heavy atom. The van der Waals surface area contributed by atoms with Gasteiger partial charge in [0.25, 0.3) is 0 Å². The van der Waals surface area contributed by atoms with Crippen molar-refractivity contribution < 1.29 is 9.47 Å². The van der Waals surface area contributed by atoms with Crippen molar-refractivity contribution in [3.05, 3.63) is 36.4 Å². The second-order valence-electron chi connectivity index (χ2n) is 3.72. The van der Waals surface area contributed by atoms with Crippen LogP contribution in [0.3, 0.4) is 0 Å². The normalized spacial score (nSPS) is 10.4. The molecule has 0 aromatic heterocycles. The summed E-state index contributed by atoms with van der Waals surface area (Å²) in [6.07, 6.45) is 1.02. The Balaban J connectivity index is 2.35. The second-order valence-corrected chi connectivity index (χ2v) is 3.72. The molecule has 0 unspecified atom stereocenters. The number of benzene rings is 2. The molecule has 0 radical (unpaired) electrons. The van der Waals surface area contributed by atoms with E-state index in [-0.39, 0.29) is 0 Å². The molecule has 0 aliphatic heterocycles. The minimum atomic E-state index is 0.759. The lowest BCUT2D eigenvalue weighted by Gasteiger charge is -2.07. The monoisotopic (exact) mass is 216 g/mol. The molecule has 2 heteroatoms. The van der Waals surface area contributed by atoms with E-state index in [4.69, 9.17) is 9.47 Å². The Kier molecular flexibility index (Phi) is 3.30. The number of ether oxygens (including phenoxy) is 2. The summed E-state index contributed by atoms with van der Waals surface area (Å²) in [5.74, 6) is 1.79. The topological polar surface area (TPSA) is 18.5 Å². The van der Waals surface area contributed by atoms with Crippen LogP contribution in [0.4, 0.5) is 0 Å². The molecule has 0 heterocycles. The van der Waals surface area contributed by atoms with E-state index in [1.807, 2.05) is 24.3 Å². The van der Waals surface area contributed by atoms with Gasteiger partial charge in [-0.3, -0.25) is 0 Å². The van der Waals surface area contributed by atoms with Crippen LogP contribution in [0.25, 0.3) is 10.8 Å². The van der Waals surface area contributed by atoms with Crippen molar-refractivity contribution in [1.29, 1.82) is 0 Å². The molecule has 0 fully saturated rings. The quantitative estimate of drug-likeness (QED) is 0.776. The molecule has 84 valence electrons. The summed E-state index contributed by atoms with van der Waals surface area (Å²) in [5.41, 5.74) is 0. The molecule has 0 N–H and O–H groups in total. The van der Waals surface area contributed by atoms with Crippen LogP contribution in [0.2, 0.25) is 0 Å². The van der Waals surface area contributed by atoms with Crippen molar-refractivity contribution in [1.82, 2.24) is 0 Å². The van der Waals surface area contributed by atoms with Crippen LogP contribution in [-0.4, -0.2) is 13.7 Å². The Morgan fingerprint density at radius 3 is 2.31 bits per heavy atom. The van der Waals surface area contributed by atoms with Crippen LogP contribution in [0.5, 0.6) is 11.5 Å². The molecule has 0 atom stereocenters. The summed E-state index contributed by atoms with van der Waals surface area (Å²) < 4.78 is 10.8. The highest BCUT2D eigenvalue weighted by Crippen LogP contribution is 2.24. The number of fused-ring (bicyclic) bond motifs is 1. The zero-order valence-electron chi connectivity index (χ0n) is 9.69. The van der Waals surface area contributed by atoms with Gasteiger partial charge in [-0.1, -0.05) is 19.1 Å². The van der Waals surface area contributed by atoms with E-state index in [0.717, 1.165) is 29.9 Å². The van der Waals surface area contributed by atoms with Crippen molar-refractivity contribution in [3.63, 3.8) is 0 Å². The SMILES string of the molecule is CCCOc1ccc2ccc(OC)cc2c1. The Morgan fingerprint density at radius 2 is 1.62 bits per heavy atom. The molecule has 2 rings (SSSR count). The van der Waals surface area contributed by atoms with Gasteiger partial charge in [0, 0.05) is 0 Å². The fourth-order valence-corrected chi connectivity index (χ4v) is 1.64. The molecule has 0 saturated heterocycles. The number of hydrogen-bond acceptors (Lipinski definition) is 2. The fraction of sp³-hybridized carbons (Fsp3) is 0.286. The van der Waals surface area contributed by atoms with E-state index < -0.39 is 0 Å². The lowest BCUT2D eigenvalue weighted by atomic mass is 10.1. The Hall–Kier alpha value is -1.70. The van der Waals surface area contributed by atoms with Gasteiger partial charge in [-0.15, -0.1) is 0 Å². The number of hydrogen-bond donors (Lipinski definition) is 0. The largest absolute Gasteiger partial charge is 0.497 e. The van der Waals surface area contributed by atoms with Gasteiger partial charge >= 0.3 is 0 Å². The van der Waals surface area contributed by atoms with Gasteiger partial charge in [0.1, 0.15) is 11.5 Å². The van der Waals surface area contributed by atoms with Crippen LogP contribution in [-0.2, 0) is 0 Å². The first-order valence-electron chi connectivity index (χ1n) is 5.54. The second kappa shape index (κ2) is 4.88. The molecular formula is C14H16O2. The van der Waals surface area contributed by atoms with E-state index >= 15 is 0 Å².